The van der Waals surface area contributed by atoms with Gasteiger partial charge < -0.3 is 10.5 Å². The molecule has 0 saturated heterocycles. The van der Waals surface area contributed by atoms with E-state index in [1.165, 1.54) is 5.56 Å². The van der Waals surface area contributed by atoms with E-state index in [1.807, 2.05) is 68.1 Å². The predicted molar refractivity (Wildman–Crippen MR) is 160 cm³/mol. The number of allylic oxidation sites excluding steroid dienone is 3. The first-order valence-corrected chi connectivity index (χ1v) is 13.8. The van der Waals surface area contributed by atoms with Gasteiger partial charge in [-0.15, -0.1) is 0 Å². The number of nitrogens with zero attached hydrogens (tertiary/aromatic N) is 2. The van der Waals surface area contributed by atoms with Crippen LogP contribution in [0.3, 0.4) is 0 Å². The van der Waals surface area contributed by atoms with Gasteiger partial charge in [-0.05, 0) is 91.6 Å². The summed E-state index contributed by atoms with van der Waals surface area (Å²) in [6.45, 7) is 12.8. The molecule has 0 saturated carbocycles. The lowest BCUT2D eigenvalue weighted by molar-refractivity contribution is -0.118. The highest BCUT2D eigenvalue weighted by Gasteiger charge is 2.45. The zero-order chi connectivity index (χ0) is 28.8. The normalized spacial score (nSPS) is 18.5. The highest BCUT2D eigenvalue weighted by atomic mass is 16.5. The molecule has 5 rings (SSSR count). The van der Waals surface area contributed by atoms with Crippen molar-refractivity contribution in [3.63, 3.8) is 0 Å². The number of benzene rings is 3. The Morgan fingerprint density at radius 2 is 1.70 bits per heavy atom. The molecular formula is C35H37N3O2. The summed E-state index contributed by atoms with van der Waals surface area (Å²) < 4.78 is 6.14. The van der Waals surface area contributed by atoms with Crippen LogP contribution >= 0.6 is 0 Å². The number of nitriles is 1. The zero-order valence-corrected chi connectivity index (χ0v) is 24.3. The van der Waals surface area contributed by atoms with Crippen molar-refractivity contribution >= 4 is 11.5 Å². The van der Waals surface area contributed by atoms with Crippen LogP contribution in [-0.2, 0) is 11.4 Å². The van der Waals surface area contributed by atoms with Crippen molar-refractivity contribution in [2.24, 2.45) is 11.1 Å². The van der Waals surface area contributed by atoms with E-state index in [2.05, 4.69) is 45.0 Å². The topological polar surface area (TPSA) is 79.3 Å². The Labute approximate surface area is 237 Å². The van der Waals surface area contributed by atoms with Crippen LogP contribution in [0.15, 0.2) is 83.3 Å². The molecule has 204 valence electrons. The van der Waals surface area contributed by atoms with E-state index in [0.29, 0.717) is 36.4 Å². The smallest absolute Gasteiger partial charge is 0.162 e. The van der Waals surface area contributed by atoms with Gasteiger partial charge in [-0.3, -0.25) is 9.69 Å². The number of nitrogens with two attached hydrogens (primary N) is 1. The van der Waals surface area contributed by atoms with Gasteiger partial charge in [0.1, 0.15) is 18.2 Å². The van der Waals surface area contributed by atoms with E-state index in [-0.39, 0.29) is 11.2 Å². The number of aryl methyl sites for hydroxylation is 4. The first-order chi connectivity index (χ1) is 19.0. The summed E-state index contributed by atoms with van der Waals surface area (Å²) in [5.74, 6) is 0.741. The van der Waals surface area contributed by atoms with Crippen LogP contribution < -0.4 is 15.4 Å². The molecule has 3 aromatic carbocycles. The molecule has 40 heavy (non-hydrogen) atoms. The maximum atomic E-state index is 14.0. The first-order valence-electron chi connectivity index (χ1n) is 13.8. The lowest BCUT2D eigenvalue weighted by Crippen LogP contribution is -2.42. The second-order valence-electron chi connectivity index (χ2n) is 12.1. The minimum atomic E-state index is -0.525. The molecule has 0 spiro atoms. The van der Waals surface area contributed by atoms with Gasteiger partial charge in [0.05, 0.1) is 17.6 Å². The number of carbonyl (C=O) groups is 1. The SMILES string of the molecule is Cc1ccc(OCc2cc(C3C(C#N)=C(N)N(c4cccc(C)c4)C4=C3C(=O)CC(C)(C)C4)c(C)cc2C)cc1. The average molecular weight is 532 g/mol. The van der Waals surface area contributed by atoms with Crippen molar-refractivity contribution in [3.05, 3.63) is 117 Å². The lowest BCUT2D eigenvalue weighted by atomic mass is 9.68. The quantitative estimate of drug-likeness (QED) is 0.370. The van der Waals surface area contributed by atoms with E-state index in [0.717, 1.165) is 45.0 Å². The minimum absolute atomic E-state index is 0.0755. The number of Topliss-reactive ketones (excluding diaryl/α,β-unsaturated/α-hetero) is 1. The Bertz CT molecular complexity index is 1600. The third-order valence-corrected chi connectivity index (χ3v) is 8.09. The van der Waals surface area contributed by atoms with Crippen molar-refractivity contribution in [3.8, 4) is 11.8 Å². The van der Waals surface area contributed by atoms with Crippen LogP contribution in [0, 0.1) is 44.4 Å². The van der Waals surface area contributed by atoms with Crippen LogP contribution in [0.5, 0.6) is 5.75 Å². The number of hydrogen-bond donors (Lipinski definition) is 1. The molecule has 2 aliphatic rings. The fraction of sp³-hybridized carbons (Fsp3) is 0.314. The van der Waals surface area contributed by atoms with Gasteiger partial charge in [0.2, 0.25) is 0 Å². The molecule has 0 radical (unpaired) electrons. The minimum Gasteiger partial charge on any atom is -0.489 e. The van der Waals surface area contributed by atoms with Gasteiger partial charge in [-0.2, -0.15) is 5.26 Å². The van der Waals surface area contributed by atoms with E-state index in [4.69, 9.17) is 10.5 Å². The fourth-order valence-electron chi connectivity index (χ4n) is 6.06. The molecule has 2 N–H and O–H groups in total. The molecule has 1 atom stereocenters. The molecular weight excluding hydrogens is 494 g/mol. The standard InChI is InChI=1S/C35H37N3O2/c1-21-10-12-27(13-11-21)40-20-25-16-28(24(4)15-23(25)3)32-29(19-36)34(37)38(26-9-7-8-22(2)14-26)30-17-35(5,6)18-31(39)33(30)32/h7-16,32H,17-18,20,37H2,1-6H3. The summed E-state index contributed by atoms with van der Waals surface area (Å²) in [5, 5.41) is 10.5. The van der Waals surface area contributed by atoms with Gasteiger partial charge in [-0.1, -0.05) is 55.8 Å². The van der Waals surface area contributed by atoms with E-state index in [9.17, 15) is 10.1 Å². The van der Waals surface area contributed by atoms with Crippen LogP contribution in [0.2, 0.25) is 0 Å². The number of ether oxygens (including phenoxy) is 1. The van der Waals surface area contributed by atoms with Gasteiger partial charge in [0.15, 0.2) is 5.78 Å². The summed E-state index contributed by atoms with van der Waals surface area (Å²) in [5.41, 5.74) is 15.8. The number of hydrogen-bond acceptors (Lipinski definition) is 5. The lowest BCUT2D eigenvalue weighted by Gasteiger charge is -2.44. The Morgan fingerprint density at radius 3 is 2.38 bits per heavy atom. The Kier molecular flexibility index (Phi) is 7.06. The van der Waals surface area contributed by atoms with Gasteiger partial charge in [0.25, 0.3) is 0 Å². The van der Waals surface area contributed by atoms with Crippen molar-refractivity contribution in [2.45, 2.75) is 66.9 Å². The molecule has 1 aliphatic carbocycles. The zero-order valence-electron chi connectivity index (χ0n) is 24.3. The monoisotopic (exact) mass is 531 g/mol. The van der Waals surface area contributed by atoms with Gasteiger partial charge in [-0.25, -0.2) is 0 Å². The van der Waals surface area contributed by atoms with Crippen molar-refractivity contribution in [1.29, 1.82) is 5.26 Å². The van der Waals surface area contributed by atoms with Crippen LogP contribution in [0.25, 0.3) is 0 Å². The Morgan fingerprint density at radius 1 is 0.975 bits per heavy atom. The van der Waals surface area contributed by atoms with Crippen LogP contribution in [0.1, 0.15) is 66.0 Å². The summed E-state index contributed by atoms with van der Waals surface area (Å²) in [6.07, 6.45) is 1.11. The summed E-state index contributed by atoms with van der Waals surface area (Å²) >= 11 is 0. The Hall–Kier alpha value is -4.30. The number of ketones is 1. The molecule has 5 nitrogen and oxygen atoms in total. The molecule has 0 fully saturated rings. The third kappa shape index (κ3) is 5.02. The van der Waals surface area contributed by atoms with Crippen molar-refractivity contribution in [2.75, 3.05) is 4.90 Å². The molecule has 1 unspecified atom stereocenters. The summed E-state index contributed by atoms with van der Waals surface area (Å²) in [6, 6.07) is 22.7. The van der Waals surface area contributed by atoms with Gasteiger partial charge >= 0.3 is 0 Å². The van der Waals surface area contributed by atoms with Crippen LogP contribution in [0.4, 0.5) is 5.69 Å². The second-order valence-corrected chi connectivity index (χ2v) is 12.1. The molecule has 5 heteroatoms. The van der Waals surface area contributed by atoms with Crippen molar-refractivity contribution < 1.29 is 9.53 Å². The molecule has 0 amide bonds. The highest BCUT2D eigenvalue weighted by Crippen LogP contribution is 2.51. The molecule has 0 aromatic heterocycles. The molecule has 0 bridgehead atoms. The van der Waals surface area contributed by atoms with Gasteiger partial charge in [0, 0.05) is 23.4 Å². The predicted octanol–water partition coefficient (Wildman–Crippen LogP) is 7.44. The maximum absolute atomic E-state index is 14.0. The van der Waals surface area contributed by atoms with E-state index in [1.54, 1.807) is 0 Å². The van der Waals surface area contributed by atoms with E-state index >= 15 is 0 Å². The fourth-order valence-corrected chi connectivity index (χ4v) is 6.06. The molecule has 3 aromatic rings. The number of carbonyl (C=O) groups excluding carboxylic acids is 1. The average Bonchev–Trinajstić information content (AvgIpc) is 2.88. The third-order valence-electron chi connectivity index (χ3n) is 8.09. The second kappa shape index (κ2) is 10.4. The number of rotatable bonds is 5. The molecule has 1 aliphatic heterocycles. The molecule has 1 heterocycles. The van der Waals surface area contributed by atoms with Crippen molar-refractivity contribution in [1.82, 2.24) is 0 Å². The Balaban J connectivity index is 1.66. The first kappa shape index (κ1) is 27.3. The largest absolute Gasteiger partial charge is 0.489 e. The van der Waals surface area contributed by atoms with Crippen LogP contribution in [-0.4, -0.2) is 5.78 Å². The summed E-state index contributed by atoms with van der Waals surface area (Å²) in [7, 11) is 0. The van der Waals surface area contributed by atoms with E-state index < -0.39 is 5.92 Å². The maximum Gasteiger partial charge on any atom is 0.162 e. The summed E-state index contributed by atoms with van der Waals surface area (Å²) in [4.78, 5) is 15.9. The number of anilines is 1. The highest BCUT2D eigenvalue weighted by molar-refractivity contribution is 6.01.